The van der Waals surface area contributed by atoms with Crippen molar-refractivity contribution < 1.29 is 31.9 Å². The molecule has 3 heterocycles. The molecule has 0 aliphatic carbocycles. The predicted molar refractivity (Wildman–Crippen MR) is 141 cm³/mol. The van der Waals surface area contributed by atoms with E-state index in [0.717, 1.165) is 18.2 Å². The number of hydrogen-bond donors (Lipinski definition) is 1. The molecule has 1 N–H and O–H groups in total. The summed E-state index contributed by atoms with van der Waals surface area (Å²) in [6, 6.07) is 7.15. The lowest BCUT2D eigenvalue weighted by Crippen LogP contribution is -2.62. The second kappa shape index (κ2) is 10.9. The van der Waals surface area contributed by atoms with E-state index in [9.17, 15) is 22.8 Å². The molecule has 2 saturated heterocycles. The third-order valence-corrected chi connectivity index (χ3v) is 7.50. The standard InChI is InChI=1S/C29H31F4N5O3/c1-15(39)41-24-23-20(22(33)12-34-23)14-37(28(24)40)25(29(2,3)4)27-35-26(19-11-18(31)8-9-21(19)32)36-38(27)13-16-6-5-7-17(30)10-16/h5-11,20,22-25,34H,12-14H2,1-4H3/t20-,22-,23?,24-,25-/m0/s1. The molecule has 2 aromatic carbocycles. The third-order valence-electron chi connectivity index (χ3n) is 7.50. The summed E-state index contributed by atoms with van der Waals surface area (Å²) in [4.78, 5) is 31.9. The van der Waals surface area contributed by atoms with E-state index >= 15 is 4.39 Å². The Hall–Kier alpha value is -3.80. The highest BCUT2D eigenvalue weighted by atomic mass is 19.1. The van der Waals surface area contributed by atoms with Crippen LogP contribution < -0.4 is 5.32 Å². The SMILES string of the molecule is CC(=O)O[C@@H]1C(=O)N([C@@H](c2nc(-c3cc(F)ccc3F)nn2Cc2cccc(F)c2)C(C)(C)C)C[C@@H]2C1NC[C@@H]2F. The molecule has 0 spiro atoms. The number of nitrogens with one attached hydrogen (secondary N) is 1. The van der Waals surface area contributed by atoms with Crippen LogP contribution in [0.1, 0.15) is 45.1 Å². The van der Waals surface area contributed by atoms with Crippen LogP contribution in [0.2, 0.25) is 0 Å². The van der Waals surface area contributed by atoms with Crippen LogP contribution >= 0.6 is 0 Å². The van der Waals surface area contributed by atoms with Gasteiger partial charge in [-0.2, -0.15) is 5.10 Å². The smallest absolute Gasteiger partial charge is 0.303 e. The number of esters is 1. The molecule has 1 aromatic heterocycles. The number of hydrogen-bond acceptors (Lipinski definition) is 6. The lowest BCUT2D eigenvalue weighted by molar-refractivity contribution is -0.170. The summed E-state index contributed by atoms with van der Waals surface area (Å²) >= 11 is 0. The van der Waals surface area contributed by atoms with E-state index in [1.807, 2.05) is 20.8 Å². The Morgan fingerprint density at radius 3 is 2.56 bits per heavy atom. The molecule has 0 radical (unpaired) electrons. The van der Waals surface area contributed by atoms with Crippen molar-refractivity contribution in [3.8, 4) is 11.4 Å². The topological polar surface area (TPSA) is 89.4 Å². The Kier molecular flexibility index (Phi) is 7.62. The Morgan fingerprint density at radius 1 is 1.15 bits per heavy atom. The van der Waals surface area contributed by atoms with Crippen molar-refractivity contribution in [2.24, 2.45) is 11.3 Å². The summed E-state index contributed by atoms with van der Waals surface area (Å²) in [5, 5.41) is 7.45. The van der Waals surface area contributed by atoms with Crippen molar-refractivity contribution in [1.82, 2.24) is 25.0 Å². The maximum absolute atomic E-state index is 15.1. The minimum Gasteiger partial charge on any atom is -0.451 e. The second-order valence-corrected chi connectivity index (χ2v) is 11.6. The number of nitrogens with zero attached hydrogens (tertiary/aromatic N) is 4. The average Bonchev–Trinajstić information content (AvgIpc) is 3.45. The number of carbonyl (C=O) groups excluding carboxylic acids is 2. The zero-order valence-corrected chi connectivity index (χ0v) is 23.1. The Morgan fingerprint density at radius 2 is 1.88 bits per heavy atom. The van der Waals surface area contributed by atoms with E-state index in [2.05, 4.69) is 15.4 Å². The van der Waals surface area contributed by atoms with Crippen LogP contribution in [0.15, 0.2) is 42.5 Å². The molecular formula is C29H31F4N5O3. The summed E-state index contributed by atoms with van der Waals surface area (Å²) in [5.41, 5.74) is -0.420. The molecule has 5 atom stereocenters. The minimum absolute atomic E-state index is 0.00163. The number of ether oxygens (including phenoxy) is 1. The van der Waals surface area contributed by atoms with Gasteiger partial charge in [0.15, 0.2) is 17.8 Å². The van der Waals surface area contributed by atoms with Crippen LogP contribution in [0, 0.1) is 28.8 Å². The van der Waals surface area contributed by atoms with Gasteiger partial charge in [0.2, 0.25) is 0 Å². The first-order valence-corrected chi connectivity index (χ1v) is 13.3. The third kappa shape index (κ3) is 5.70. The predicted octanol–water partition coefficient (Wildman–Crippen LogP) is 4.20. The summed E-state index contributed by atoms with van der Waals surface area (Å²) in [6.07, 6.45) is -2.56. The van der Waals surface area contributed by atoms with E-state index in [-0.39, 0.29) is 36.8 Å². The first-order valence-electron chi connectivity index (χ1n) is 13.3. The van der Waals surface area contributed by atoms with E-state index in [0.29, 0.717) is 5.56 Å². The number of piperidine rings is 1. The van der Waals surface area contributed by atoms with E-state index < -0.39 is 65.0 Å². The maximum atomic E-state index is 15.1. The van der Waals surface area contributed by atoms with Crippen molar-refractivity contribution in [2.45, 2.75) is 58.6 Å². The molecule has 0 bridgehead atoms. The molecule has 0 saturated carbocycles. The number of alkyl halides is 1. The Labute approximate surface area is 234 Å². The number of amides is 1. The van der Waals surface area contributed by atoms with Gasteiger partial charge in [0.25, 0.3) is 5.91 Å². The highest BCUT2D eigenvalue weighted by Gasteiger charge is 2.54. The molecule has 2 aliphatic heterocycles. The van der Waals surface area contributed by atoms with Gasteiger partial charge in [0.05, 0.1) is 24.2 Å². The van der Waals surface area contributed by atoms with Crippen molar-refractivity contribution in [3.63, 3.8) is 0 Å². The average molecular weight is 574 g/mol. The lowest BCUT2D eigenvalue weighted by atomic mass is 9.81. The van der Waals surface area contributed by atoms with Crippen LogP contribution in [0.4, 0.5) is 17.6 Å². The molecule has 2 fully saturated rings. The Balaban J connectivity index is 1.66. The highest BCUT2D eigenvalue weighted by Crippen LogP contribution is 2.43. The number of aromatic nitrogens is 3. The number of halogens is 4. The molecule has 41 heavy (non-hydrogen) atoms. The number of benzene rings is 2. The van der Waals surface area contributed by atoms with Gasteiger partial charge in [-0.1, -0.05) is 32.9 Å². The monoisotopic (exact) mass is 573 g/mol. The van der Waals surface area contributed by atoms with Crippen LogP contribution in [0.3, 0.4) is 0 Å². The zero-order valence-electron chi connectivity index (χ0n) is 23.1. The van der Waals surface area contributed by atoms with Gasteiger partial charge in [0.1, 0.15) is 23.6 Å². The summed E-state index contributed by atoms with van der Waals surface area (Å²) in [6.45, 7) is 6.73. The largest absolute Gasteiger partial charge is 0.451 e. The van der Waals surface area contributed by atoms with Crippen molar-refractivity contribution in [3.05, 3.63) is 71.3 Å². The summed E-state index contributed by atoms with van der Waals surface area (Å²) in [5.74, 6) is -3.74. The number of rotatable bonds is 6. The number of fused-ring (bicyclic) bond motifs is 1. The summed E-state index contributed by atoms with van der Waals surface area (Å²) in [7, 11) is 0. The quantitative estimate of drug-likeness (QED) is 0.351. The second-order valence-electron chi connectivity index (χ2n) is 11.6. The van der Waals surface area contributed by atoms with E-state index in [1.165, 1.54) is 34.7 Å². The molecule has 5 rings (SSSR count). The maximum Gasteiger partial charge on any atom is 0.303 e. The van der Waals surface area contributed by atoms with Gasteiger partial charge in [0, 0.05) is 25.9 Å². The van der Waals surface area contributed by atoms with Gasteiger partial charge in [-0.3, -0.25) is 9.59 Å². The fraction of sp³-hybridized carbons (Fsp3) is 0.448. The fourth-order valence-electron chi connectivity index (χ4n) is 5.76. The first-order chi connectivity index (χ1) is 19.3. The molecule has 3 aromatic rings. The molecule has 1 unspecified atom stereocenters. The van der Waals surface area contributed by atoms with Crippen molar-refractivity contribution in [1.29, 1.82) is 0 Å². The van der Waals surface area contributed by atoms with Crippen LogP contribution in [-0.2, 0) is 20.9 Å². The van der Waals surface area contributed by atoms with Crippen molar-refractivity contribution >= 4 is 11.9 Å². The van der Waals surface area contributed by atoms with Gasteiger partial charge >= 0.3 is 5.97 Å². The van der Waals surface area contributed by atoms with E-state index in [1.54, 1.807) is 6.07 Å². The number of carbonyl (C=O) groups is 2. The van der Waals surface area contributed by atoms with Gasteiger partial charge in [-0.15, -0.1) is 0 Å². The van der Waals surface area contributed by atoms with Gasteiger partial charge in [-0.25, -0.2) is 27.2 Å². The molecular weight excluding hydrogens is 542 g/mol. The van der Waals surface area contributed by atoms with Crippen LogP contribution in [0.5, 0.6) is 0 Å². The van der Waals surface area contributed by atoms with Crippen molar-refractivity contribution in [2.75, 3.05) is 13.1 Å². The first kappa shape index (κ1) is 28.7. The van der Waals surface area contributed by atoms with Crippen LogP contribution in [0.25, 0.3) is 11.4 Å². The Bertz CT molecular complexity index is 1470. The number of likely N-dealkylation sites (tertiary alicyclic amines) is 1. The summed E-state index contributed by atoms with van der Waals surface area (Å²) < 4.78 is 64.9. The molecule has 8 nitrogen and oxygen atoms in total. The zero-order chi connectivity index (χ0) is 29.6. The van der Waals surface area contributed by atoms with Gasteiger partial charge in [-0.05, 0) is 41.3 Å². The molecule has 1 amide bonds. The van der Waals surface area contributed by atoms with E-state index in [4.69, 9.17) is 4.74 Å². The van der Waals surface area contributed by atoms with Gasteiger partial charge < -0.3 is 15.0 Å². The molecule has 218 valence electrons. The van der Waals surface area contributed by atoms with Crippen LogP contribution in [-0.4, -0.2) is 62.9 Å². The fourth-order valence-corrected chi connectivity index (χ4v) is 5.76. The highest BCUT2D eigenvalue weighted by molar-refractivity contribution is 5.86. The minimum atomic E-state index is -1.30. The molecule has 12 heteroatoms. The normalized spacial score (nSPS) is 23.4. The molecule has 2 aliphatic rings. The lowest BCUT2D eigenvalue weighted by Gasteiger charge is -2.46.